The third kappa shape index (κ3) is 3.74. The maximum absolute atomic E-state index is 13.4. The molecule has 0 saturated carbocycles. The van der Waals surface area contributed by atoms with Crippen molar-refractivity contribution < 1.29 is 13.2 Å². The Morgan fingerprint density at radius 2 is 1.79 bits per heavy atom. The Hall–Kier alpha value is -2.99. The number of piperazine rings is 1. The summed E-state index contributed by atoms with van der Waals surface area (Å²) < 4.78 is 25.3. The number of pyridine rings is 1. The van der Waals surface area contributed by atoms with Crippen molar-refractivity contribution in [2.75, 3.05) is 35.2 Å². The Morgan fingerprint density at radius 3 is 2.46 bits per heavy atom. The average Bonchev–Trinajstić information content (AvgIpc) is 3.34. The Morgan fingerprint density at radius 1 is 1.08 bits per heavy atom. The summed E-state index contributed by atoms with van der Waals surface area (Å²) in [5, 5.41) is 5.56. The molecule has 3 aliphatic rings. The number of fused-ring (bicyclic) bond motifs is 2. The zero-order valence-electron chi connectivity index (χ0n) is 23.0. The molecule has 3 atom stereocenters. The summed E-state index contributed by atoms with van der Waals surface area (Å²) in [6.07, 6.45) is 3.73. The third-order valence-corrected chi connectivity index (χ3v) is 11.5. The van der Waals surface area contributed by atoms with E-state index in [0.717, 1.165) is 33.9 Å². The normalized spacial score (nSPS) is 27.5. The van der Waals surface area contributed by atoms with Crippen molar-refractivity contribution in [1.82, 2.24) is 29.6 Å². The van der Waals surface area contributed by atoms with Gasteiger partial charge in [0.1, 0.15) is 28.5 Å². The van der Waals surface area contributed by atoms with Crippen LogP contribution in [0.1, 0.15) is 46.6 Å². The second-order valence-electron chi connectivity index (χ2n) is 11.9. The Balaban J connectivity index is 1.34. The summed E-state index contributed by atoms with van der Waals surface area (Å²) in [5.41, 5.74) is 1.59. The Labute approximate surface area is 233 Å². The molecule has 0 N–H and O–H groups in total. The molecule has 3 aromatic rings. The fraction of sp³-hybridized carbons (Fsp3) is 0.577. The standard InChI is InChI=1S/C26H33ClN8O3S/c1-15-12-34(24(36)26(5)7-8-39(26,37)38)16(2)11-33(15)22-20-23(30-14-29-22)35(13-25(20,3)4)19-9-17-18(10-28-19)32(6)31-21(17)27/h9-10,14-16H,7-8,11-13H2,1-6H3/t15-,16+,26+/m0/s1. The molecule has 0 aromatic carbocycles. The molecular formula is C26H33ClN8O3S. The molecule has 0 spiro atoms. The largest absolute Gasteiger partial charge is 0.350 e. The molecule has 2 fully saturated rings. The molecule has 13 heteroatoms. The Kier molecular flexibility index (Phi) is 5.72. The number of halogens is 1. The van der Waals surface area contributed by atoms with Crippen LogP contribution in [-0.4, -0.2) is 86.2 Å². The lowest BCUT2D eigenvalue weighted by molar-refractivity contribution is -0.137. The molecule has 39 heavy (non-hydrogen) atoms. The number of rotatable bonds is 3. The topological polar surface area (TPSA) is 117 Å². The fourth-order valence-electron chi connectivity index (χ4n) is 6.20. The number of hydrogen-bond acceptors (Lipinski definition) is 9. The lowest BCUT2D eigenvalue weighted by Gasteiger charge is -2.49. The quantitative estimate of drug-likeness (QED) is 0.467. The first kappa shape index (κ1) is 26.2. The highest BCUT2D eigenvalue weighted by Gasteiger charge is 2.57. The van der Waals surface area contributed by atoms with Gasteiger partial charge in [-0.2, -0.15) is 5.10 Å². The number of nitrogens with zero attached hydrogens (tertiary/aromatic N) is 8. The first-order valence-electron chi connectivity index (χ1n) is 13.2. The number of sulfone groups is 1. The van der Waals surface area contributed by atoms with Gasteiger partial charge in [-0.05, 0) is 33.3 Å². The molecule has 0 bridgehead atoms. The molecule has 0 aliphatic carbocycles. The van der Waals surface area contributed by atoms with Crippen molar-refractivity contribution in [3.05, 3.63) is 29.3 Å². The van der Waals surface area contributed by atoms with Gasteiger partial charge in [0, 0.05) is 55.1 Å². The van der Waals surface area contributed by atoms with Crippen LogP contribution in [0.25, 0.3) is 10.9 Å². The minimum absolute atomic E-state index is 0.0657. The van der Waals surface area contributed by atoms with E-state index in [4.69, 9.17) is 26.6 Å². The van der Waals surface area contributed by atoms with E-state index in [1.165, 1.54) is 0 Å². The smallest absolute Gasteiger partial charge is 0.244 e. The zero-order chi connectivity index (χ0) is 28.1. The van der Waals surface area contributed by atoms with Crippen LogP contribution in [0.2, 0.25) is 5.15 Å². The van der Waals surface area contributed by atoms with E-state index in [9.17, 15) is 13.2 Å². The molecular weight excluding hydrogens is 540 g/mol. The van der Waals surface area contributed by atoms with Crippen molar-refractivity contribution in [1.29, 1.82) is 0 Å². The lowest BCUT2D eigenvalue weighted by Crippen LogP contribution is -2.66. The third-order valence-electron chi connectivity index (χ3n) is 8.75. The minimum atomic E-state index is -3.40. The van der Waals surface area contributed by atoms with Crippen LogP contribution in [0.15, 0.2) is 18.6 Å². The van der Waals surface area contributed by atoms with Gasteiger partial charge in [0.2, 0.25) is 5.91 Å². The van der Waals surface area contributed by atoms with Crippen molar-refractivity contribution in [3.63, 3.8) is 0 Å². The first-order valence-corrected chi connectivity index (χ1v) is 15.2. The molecule has 3 aliphatic heterocycles. The molecule has 0 unspecified atom stereocenters. The predicted octanol–water partition coefficient (Wildman–Crippen LogP) is 2.84. The van der Waals surface area contributed by atoms with Crippen LogP contribution in [0.3, 0.4) is 0 Å². The van der Waals surface area contributed by atoms with Gasteiger partial charge in [-0.1, -0.05) is 25.4 Å². The highest BCUT2D eigenvalue weighted by molar-refractivity contribution is 7.95. The van der Waals surface area contributed by atoms with Crippen LogP contribution in [0.4, 0.5) is 17.5 Å². The number of carbonyl (C=O) groups excluding carboxylic acids is 1. The molecule has 1 amide bonds. The molecule has 0 radical (unpaired) electrons. The number of carbonyl (C=O) groups is 1. The highest BCUT2D eigenvalue weighted by atomic mass is 35.5. The van der Waals surface area contributed by atoms with Gasteiger partial charge in [0.05, 0.1) is 17.5 Å². The van der Waals surface area contributed by atoms with Crippen LogP contribution in [0.5, 0.6) is 0 Å². The van der Waals surface area contributed by atoms with E-state index in [-0.39, 0.29) is 29.2 Å². The van der Waals surface area contributed by atoms with E-state index in [1.54, 1.807) is 29.0 Å². The Bertz CT molecular complexity index is 1620. The average molecular weight is 573 g/mol. The lowest BCUT2D eigenvalue weighted by atomic mass is 9.87. The molecule has 3 aromatic heterocycles. The molecule has 11 nitrogen and oxygen atoms in total. The number of amides is 1. The number of hydrogen-bond donors (Lipinski definition) is 0. The van der Waals surface area contributed by atoms with Crippen LogP contribution in [0, 0.1) is 0 Å². The van der Waals surface area contributed by atoms with E-state index in [2.05, 4.69) is 35.7 Å². The second-order valence-corrected chi connectivity index (χ2v) is 14.8. The van der Waals surface area contributed by atoms with Crippen molar-refractivity contribution >= 4 is 55.7 Å². The van der Waals surface area contributed by atoms with Gasteiger partial charge in [0.15, 0.2) is 15.0 Å². The highest BCUT2D eigenvalue weighted by Crippen LogP contribution is 2.47. The maximum Gasteiger partial charge on any atom is 0.244 e. The first-order chi connectivity index (χ1) is 18.2. The van der Waals surface area contributed by atoms with Crippen molar-refractivity contribution in [2.24, 2.45) is 7.05 Å². The van der Waals surface area contributed by atoms with Crippen LogP contribution < -0.4 is 9.80 Å². The van der Waals surface area contributed by atoms with Gasteiger partial charge in [-0.3, -0.25) is 9.48 Å². The second kappa shape index (κ2) is 8.50. The zero-order valence-corrected chi connectivity index (χ0v) is 24.6. The number of aryl methyl sites for hydroxylation is 1. The summed E-state index contributed by atoms with van der Waals surface area (Å²) >= 11 is 6.39. The van der Waals surface area contributed by atoms with Gasteiger partial charge in [-0.25, -0.2) is 23.4 Å². The SMILES string of the molecule is C[C@@H]1CN(c2ncnc3c2C(C)(C)CN3c2cc3c(Cl)nn(C)c3cn2)[C@@H](C)CN1C(=O)[C@@]1(C)CCS1(=O)=O. The number of anilines is 3. The maximum atomic E-state index is 13.4. The van der Waals surface area contributed by atoms with Crippen LogP contribution >= 0.6 is 11.6 Å². The number of aromatic nitrogens is 5. The van der Waals surface area contributed by atoms with Gasteiger partial charge in [0.25, 0.3) is 0 Å². The van der Waals surface area contributed by atoms with Crippen molar-refractivity contribution in [2.45, 2.75) is 63.3 Å². The summed E-state index contributed by atoms with van der Waals surface area (Å²) in [6, 6.07) is 1.70. The minimum Gasteiger partial charge on any atom is -0.350 e. The summed E-state index contributed by atoms with van der Waals surface area (Å²) in [5.74, 6) is 2.15. The van der Waals surface area contributed by atoms with E-state index >= 15 is 0 Å². The summed E-state index contributed by atoms with van der Waals surface area (Å²) in [4.78, 5) is 33.6. The van der Waals surface area contributed by atoms with E-state index in [0.29, 0.717) is 31.2 Å². The summed E-state index contributed by atoms with van der Waals surface area (Å²) in [7, 11) is -1.56. The van der Waals surface area contributed by atoms with Crippen molar-refractivity contribution in [3.8, 4) is 0 Å². The van der Waals surface area contributed by atoms with Gasteiger partial charge in [-0.15, -0.1) is 0 Å². The fourth-order valence-corrected chi connectivity index (χ4v) is 8.00. The molecule has 6 heterocycles. The van der Waals surface area contributed by atoms with E-state index in [1.807, 2.05) is 20.0 Å². The van der Waals surface area contributed by atoms with Gasteiger partial charge >= 0.3 is 0 Å². The van der Waals surface area contributed by atoms with Gasteiger partial charge < -0.3 is 14.7 Å². The monoisotopic (exact) mass is 572 g/mol. The molecule has 6 rings (SSSR count). The predicted molar refractivity (Wildman–Crippen MR) is 150 cm³/mol. The van der Waals surface area contributed by atoms with Crippen LogP contribution in [-0.2, 0) is 27.1 Å². The van der Waals surface area contributed by atoms with E-state index < -0.39 is 14.6 Å². The molecule has 2 saturated heterocycles. The summed E-state index contributed by atoms with van der Waals surface area (Å²) in [6.45, 7) is 11.6. The molecule has 208 valence electrons.